The van der Waals surface area contributed by atoms with E-state index in [1.807, 2.05) is 10.9 Å². The lowest BCUT2D eigenvalue weighted by atomic mass is 10.1. The second kappa shape index (κ2) is 4.36. The first-order valence-electron chi connectivity index (χ1n) is 6.18. The van der Waals surface area contributed by atoms with E-state index in [2.05, 4.69) is 15.2 Å². The average Bonchev–Trinajstić information content (AvgIpc) is 2.97. The fourth-order valence-corrected chi connectivity index (χ4v) is 2.38. The summed E-state index contributed by atoms with van der Waals surface area (Å²) in [7, 11) is 0. The smallest absolute Gasteiger partial charge is 0.0967 e. The van der Waals surface area contributed by atoms with Crippen molar-refractivity contribution in [3.05, 3.63) is 11.9 Å². The first-order chi connectivity index (χ1) is 8.26. The summed E-state index contributed by atoms with van der Waals surface area (Å²) < 4.78 is 1.94. The molecule has 2 aliphatic rings. The maximum atomic E-state index is 9.70. The van der Waals surface area contributed by atoms with Gasteiger partial charge in [0.2, 0.25) is 0 Å². The molecule has 1 saturated carbocycles. The SMILES string of the molecule is OCC1CN(Cc2cn(C3CC3)nn2)CC1O. The summed E-state index contributed by atoms with van der Waals surface area (Å²) in [6.45, 7) is 2.10. The van der Waals surface area contributed by atoms with Crippen molar-refractivity contribution in [3.63, 3.8) is 0 Å². The normalized spacial score (nSPS) is 30.0. The number of rotatable bonds is 4. The molecular formula is C11H18N4O2. The van der Waals surface area contributed by atoms with E-state index in [1.165, 1.54) is 12.8 Å². The molecule has 2 atom stereocenters. The Balaban J connectivity index is 1.59. The highest BCUT2D eigenvalue weighted by molar-refractivity contribution is 4.97. The van der Waals surface area contributed by atoms with E-state index in [0.717, 1.165) is 12.2 Å². The summed E-state index contributed by atoms with van der Waals surface area (Å²) in [5.74, 6) is -0.0199. The molecule has 2 unspecified atom stereocenters. The van der Waals surface area contributed by atoms with Gasteiger partial charge in [-0.2, -0.15) is 0 Å². The molecule has 1 aromatic heterocycles. The van der Waals surface area contributed by atoms with Gasteiger partial charge in [0.1, 0.15) is 0 Å². The fourth-order valence-electron chi connectivity index (χ4n) is 2.38. The minimum Gasteiger partial charge on any atom is -0.396 e. The lowest BCUT2D eigenvalue weighted by molar-refractivity contribution is 0.103. The van der Waals surface area contributed by atoms with Gasteiger partial charge in [0.25, 0.3) is 0 Å². The van der Waals surface area contributed by atoms with Crippen LogP contribution in [0.1, 0.15) is 24.6 Å². The van der Waals surface area contributed by atoms with Gasteiger partial charge in [0.15, 0.2) is 0 Å². The molecule has 2 fully saturated rings. The summed E-state index contributed by atoms with van der Waals surface area (Å²) in [4.78, 5) is 2.12. The van der Waals surface area contributed by atoms with Crippen molar-refractivity contribution < 1.29 is 10.2 Å². The minimum absolute atomic E-state index is 0.0199. The molecule has 2 N–H and O–H groups in total. The predicted molar refractivity (Wildman–Crippen MR) is 60.2 cm³/mol. The molecule has 0 radical (unpaired) electrons. The molecule has 17 heavy (non-hydrogen) atoms. The van der Waals surface area contributed by atoms with Crippen molar-refractivity contribution in [2.24, 2.45) is 5.92 Å². The summed E-state index contributed by atoms with van der Waals surface area (Å²) >= 11 is 0. The quantitative estimate of drug-likeness (QED) is 0.732. The summed E-state index contributed by atoms with van der Waals surface area (Å²) in [6, 6.07) is 0.561. The fraction of sp³-hybridized carbons (Fsp3) is 0.818. The van der Waals surface area contributed by atoms with Crippen LogP contribution >= 0.6 is 0 Å². The molecule has 1 saturated heterocycles. The van der Waals surface area contributed by atoms with Crippen molar-refractivity contribution in [1.29, 1.82) is 0 Å². The number of aliphatic hydroxyl groups excluding tert-OH is 2. The van der Waals surface area contributed by atoms with Gasteiger partial charge >= 0.3 is 0 Å². The Kier molecular flexibility index (Phi) is 2.85. The van der Waals surface area contributed by atoms with E-state index in [4.69, 9.17) is 5.11 Å². The molecule has 0 amide bonds. The van der Waals surface area contributed by atoms with E-state index < -0.39 is 6.10 Å². The van der Waals surface area contributed by atoms with Crippen LogP contribution in [0.3, 0.4) is 0 Å². The van der Waals surface area contributed by atoms with Crippen LogP contribution < -0.4 is 0 Å². The highest BCUT2D eigenvalue weighted by Crippen LogP contribution is 2.33. The predicted octanol–water partition coefficient (Wildman–Crippen LogP) is -0.602. The van der Waals surface area contributed by atoms with Crippen molar-refractivity contribution in [3.8, 4) is 0 Å². The molecule has 6 heteroatoms. The molecule has 6 nitrogen and oxygen atoms in total. The van der Waals surface area contributed by atoms with E-state index in [9.17, 15) is 5.11 Å². The zero-order valence-electron chi connectivity index (χ0n) is 9.74. The lowest BCUT2D eigenvalue weighted by Crippen LogP contribution is -2.21. The van der Waals surface area contributed by atoms with Gasteiger partial charge in [0.05, 0.1) is 24.0 Å². The molecule has 3 rings (SSSR count). The van der Waals surface area contributed by atoms with Gasteiger partial charge in [-0.3, -0.25) is 4.90 Å². The third kappa shape index (κ3) is 2.34. The van der Waals surface area contributed by atoms with Crippen LogP contribution in [-0.2, 0) is 6.54 Å². The van der Waals surface area contributed by atoms with E-state index in [0.29, 0.717) is 19.1 Å². The second-order valence-electron chi connectivity index (χ2n) is 5.13. The molecule has 0 aromatic carbocycles. The Morgan fingerprint density at radius 1 is 1.35 bits per heavy atom. The largest absolute Gasteiger partial charge is 0.396 e. The maximum absolute atomic E-state index is 9.70. The number of nitrogens with zero attached hydrogens (tertiary/aromatic N) is 4. The minimum atomic E-state index is -0.418. The zero-order valence-corrected chi connectivity index (χ0v) is 9.74. The van der Waals surface area contributed by atoms with Crippen molar-refractivity contribution in [2.75, 3.05) is 19.7 Å². The molecular weight excluding hydrogens is 220 g/mol. The number of hydrogen-bond acceptors (Lipinski definition) is 5. The molecule has 1 aromatic rings. The molecule has 0 spiro atoms. The van der Waals surface area contributed by atoms with Gasteiger partial charge in [0, 0.05) is 32.2 Å². The highest BCUT2D eigenvalue weighted by Gasteiger charge is 2.31. The Bertz CT molecular complexity index is 391. The van der Waals surface area contributed by atoms with E-state index >= 15 is 0 Å². The summed E-state index contributed by atoms with van der Waals surface area (Å²) in [5, 5.41) is 27.0. The Hall–Kier alpha value is -0.980. The highest BCUT2D eigenvalue weighted by atomic mass is 16.3. The van der Waals surface area contributed by atoms with E-state index in [1.54, 1.807) is 0 Å². The molecule has 1 aliphatic carbocycles. The van der Waals surface area contributed by atoms with Crippen LogP contribution in [-0.4, -0.2) is 55.9 Å². The Labute approximate surface area is 99.8 Å². The molecule has 2 heterocycles. The number of aliphatic hydroxyl groups is 2. The van der Waals surface area contributed by atoms with Gasteiger partial charge in [-0.1, -0.05) is 5.21 Å². The third-order valence-corrected chi connectivity index (χ3v) is 3.58. The van der Waals surface area contributed by atoms with Crippen molar-refractivity contribution in [2.45, 2.75) is 31.5 Å². The zero-order chi connectivity index (χ0) is 11.8. The van der Waals surface area contributed by atoms with Crippen molar-refractivity contribution >= 4 is 0 Å². The molecule has 94 valence electrons. The number of hydrogen-bond donors (Lipinski definition) is 2. The first kappa shape index (κ1) is 11.1. The molecule has 1 aliphatic heterocycles. The van der Waals surface area contributed by atoms with Gasteiger partial charge < -0.3 is 10.2 Å². The third-order valence-electron chi connectivity index (χ3n) is 3.58. The van der Waals surface area contributed by atoms with Crippen LogP contribution in [0.2, 0.25) is 0 Å². The maximum Gasteiger partial charge on any atom is 0.0967 e. The van der Waals surface area contributed by atoms with Gasteiger partial charge in [-0.15, -0.1) is 5.10 Å². The molecule has 0 bridgehead atoms. The van der Waals surface area contributed by atoms with Gasteiger partial charge in [-0.25, -0.2) is 4.68 Å². The number of likely N-dealkylation sites (tertiary alicyclic amines) is 1. The summed E-state index contributed by atoms with van der Waals surface area (Å²) in [6.07, 6.45) is 3.99. The van der Waals surface area contributed by atoms with Crippen LogP contribution in [0.15, 0.2) is 6.20 Å². The number of β-amino-alcohol motifs (C(OH)–C–C–N with tert-alkyl or cyclic N) is 1. The first-order valence-corrected chi connectivity index (χ1v) is 6.18. The summed E-state index contributed by atoms with van der Waals surface area (Å²) in [5.41, 5.74) is 0.947. The average molecular weight is 238 g/mol. The van der Waals surface area contributed by atoms with Crippen LogP contribution in [0.25, 0.3) is 0 Å². The van der Waals surface area contributed by atoms with Gasteiger partial charge in [-0.05, 0) is 12.8 Å². The topological polar surface area (TPSA) is 74.4 Å². The monoisotopic (exact) mass is 238 g/mol. The second-order valence-corrected chi connectivity index (χ2v) is 5.13. The lowest BCUT2D eigenvalue weighted by Gasteiger charge is -2.12. The van der Waals surface area contributed by atoms with E-state index in [-0.39, 0.29) is 12.5 Å². The number of aromatic nitrogens is 3. The van der Waals surface area contributed by atoms with Crippen LogP contribution in [0.5, 0.6) is 0 Å². The Morgan fingerprint density at radius 3 is 2.82 bits per heavy atom. The van der Waals surface area contributed by atoms with Crippen molar-refractivity contribution in [1.82, 2.24) is 19.9 Å². The van der Waals surface area contributed by atoms with Crippen LogP contribution in [0.4, 0.5) is 0 Å². The van der Waals surface area contributed by atoms with Crippen LogP contribution in [0, 0.1) is 5.92 Å². The Morgan fingerprint density at radius 2 is 2.18 bits per heavy atom. The standard InChI is InChI=1S/C11H18N4O2/c16-7-8-3-14(6-11(8)17)4-9-5-15(13-12-9)10-1-2-10/h5,8,10-11,16-17H,1-4,6-7H2.